The molecule has 0 atom stereocenters. The van der Waals surface area contributed by atoms with Crippen LogP contribution in [0, 0.1) is 0 Å². The maximum Gasteiger partial charge on any atom is 0.182 e. The normalized spacial score (nSPS) is 11.4. The van der Waals surface area contributed by atoms with Crippen molar-refractivity contribution in [1.29, 1.82) is 0 Å². The second-order valence-electron chi connectivity index (χ2n) is 3.78. The zero-order chi connectivity index (χ0) is 10.8. The molecule has 1 aromatic carbocycles. The Hall–Kier alpha value is -0.800. The van der Waals surface area contributed by atoms with Crippen LogP contribution >= 0.6 is 11.8 Å². The Kier molecular flexibility index (Phi) is 3.34. The summed E-state index contributed by atoms with van der Waals surface area (Å²) in [6.07, 6.45) is 2.00. The van der Waals surface area contributed by atoms with Crippen LogP contribution in [0.5, 0.6) is 0 Å². The van der Waals surface area contributed by atoms with Crippen LogP contribution in [0.15, 0.2) is 29.2 Å². The zero-order valence-corrected chi connectivity index (χ0v) is 9.52. The number of hydrogen-bond acceptors (Lipinski definition) is 3. The Labute approximate surface area is 88.9 Å². The van der Waals surface area contributed by atoms with Gasteiger partial charge in [0.25, 0.3) is 0 Å². The van der Waals surface area contributed by atoms with Crippen LogP contribution in [-0.2, 0) is 0 Å². The molecule has 0 unspecified atom stereocenters. The van der Waals surface area contributed by atoms with Crippen molar-refractivity contribution in [3.8, 4) is 0 Å². The highest BCUT2D eigenvalue weighted by atomic mass is 32.2. The first kappa shape index (κ1) is 11.3. The minimum absolute atomic E-state index is 0.0230. The van der Waals surface area contributed by atoms with E-state index in [4.69, 9.17) is 5.73 Å². The summed E-state index contributed by atoms with van der Waals surface area (Å²) in [6, 6.07) is 7.51. The van der Waals surface area contributed by atoms with E-state index in [0.29, 0.717) is 5.56 Å². The molecule has 0 aromatic heterocycles. The van der Waals surface area contributed by atoms with Crippen LogP contribution in [-0.4, -0.2) is 17.6 Å². The number of hydrogen-bond donors (Lipinski definition) is 1. The van der Waals surface area contributed by atoms with Crippen molar-refractivity contribution < 1.29 is 4.79 Å². The van der Waals surface area contributed by atoms with Gasteiger partial charge in [-0.3, -0.25) is 4.79 Å². The zero-order valence-electron chi connectivity index (χ0n) is 8.70. The predicted octanol–water partition coefficient (Wildman–Crippen LogP) is 2.33. The molecule has 1 aromatic rings. The van der Waals surface area contributed by atoms with Gasteiger partial charge < -0.3 is 5.73 Å². The van der Waals surface area contributed by atoms with Crippen molar-refractivity contribution in [3.05, 3.63) is 29.8 Å². The molecule has 76 valence electrons. The molecule has 2 nitrogen and oxygen atoms in total. The third-order valence-electron chi connectivity index (χ3n) is 1.94. The molecule has 1 rings (SSSR count). The van der Waals surface area contributed by atoms with Crippen LogP contribution in [0.1, 0.15) is 24.2 Å². The lowest BCUT2D eigenvalue weighted by molar-refractivity contribution is 0.0913. The van der Waals surface area contributed by atoms with Crippen molar-refractivity contribution in [2.75, 3.05) is 6.26 Å². The number of benzene rings is 1. The average Bonchev–Trinajstić information content (AvgIpc) is 2.15. The number of thioether (sulfide) groups is 1. The van der Waals surface area contributed by atoms with Gasteiger partial charge in [-0.1, -0.05) is 12.1 Å². The third-order valence-corrected chi connectivity index (χ3v) is 2.68. The summed E-state index contributed by atoms with van der Waals surface area (Å²) in [7, 11) is 0. The van der Waals surface area contributed by atoms with E-state index in [-0.39, 0.29) is 5.78 Å². The Balaban J connectivity index is 2.93. The fraction of sp³-hybridized carbons (Fsp3) is 0.364. The Bertz CT molecular complexity index is 324. The predicted molar refractivity (Wildman–Crippen MR) is 60.8 cm³/mol. The molecule has 0 radical (unpaired) electrons. The fourth-order valence-corrected chi connectivity index (χ4v) is 1.52. The number of carbonyl (C=O) groups excluding carboxylic acids is 1. The van der Waals surface area contributed by atoms with Crippen molar-refractivity contribution in [2.24, 2.45) is 5.73 Å². The second kappa shape index (κ2) is 4.15. The smallest absolute Gasteiger partial charge is 0.182 e. The summed E-state index contributed by atoms with van der Waals surface area (Å²) in [4.78, 5) is 12.9. The van der Waals surface area contributed by atoms with Crippen molar-refractivity contribution in [2.45, 2.75) is 24.3 Å². The van der Waals surface area contributed by atoms with Crippen molar-refractivity contribution in [3.63, 3.8) is 0 Å². The number of carbonyl (C=O) groups is 1. The molecule has 0 saturated carbocycles. The Morgan fingerprint density at radius 1 is 1.29 bits per heavy atom. The molecule has 0 spiro atoms. The van der Waals surface area contributed by atoms with Crippen molar-refractivity contribution in [1.82, 2.24) is 0 Å². The van der Waals surface area contributed by atoms with E-state index < -0.39 is 5.54 Å². The molecule has 0 aliphatic carbocycles. The first-order valence-corrected chi connectivity index (χ1v) is 5.65. The summed E-state index contributed by atoms with van der Waals surface area (Å²) in [5, 5.41) is 0. The van der Waals surface area contributed by atoms with Crippen LogP contribution in [0.4, 0.5) is 0 Å². The van der Waals surface area contributed by atoms with Gasteiger partial charge in [-0.25, -0.2) is 0 Å². The summed E-state index contributed by atoms with van der Waals surface area (Å²) in [5.41, 5.74) is 5.61. The van der Waals surface area contributed by atoms with Gasteiger partial charge in [-0.15, -0.1) is 11.8 Å². The maximum atomic E-state index is 11.7. The molecule has 0 fully saturated rings. The number of nitrogens with two attached hydrogens (primary N) is 1. The van der Waals surface area contributed by atoms with E-state index >= 15 is 0 Å². The van der Waals surface area contributed by atoms with Gasteiger partial charge >= 0.3 is 0 Å². The van der Waals surface area contributed by atoms with Gasteiger partial charge in [0.15, 0.2) is 5.78 Å². The molecular weight excluding hydrogens is 194 g/mol. The quantitative estimate of drug-likeness (QED) is 0.613. The molecule has 0 saturated heterocycles. The summed E-state index contributed by atoms with van der Waals surface area (Å²) >= 11 is 1.65. The van der Waals surface area contributed by atoms with E-state index in [1.54, 1.807) is 25.6 Å². The van der Waals surface area contributed by atoms with Gasteiger partial charge in [0.1, 0.15) is 0 Å². The van der Waals surface area contributed by atoms with Gasteiger partial charge in [0.05, 0.1) is 5.54 Å². The van der Waals surface area contributed by atoms with E-state index in [9.17, 15) is 4.79 Å². The van der Waals surface area contributed by atoms with Crippen molar-refractivity contribution >= 4 is 17.5 Å². The second-order valence-corrected chi connectivity index (χ2v) is 4.66. The fourth-order valence-electron chi connectivity index (χ4n) is 1.11. The van der Waals surface area contributed by atoms with Crippen LogP contribution in [0.25, 0.3) is 0 Å². The minimum atomic E-state index is -0.791. The SMILES string of the molecule is CSc1ccc(C(=O)C(C)(C)N)cc1. The average molecular weight is 209 g/mol. The van der Waals surface area contributed by atoms with Gasteiger partial charge in [-0.05, 0) is 32.2 Å². The van der Waals surface area contributed by atoms with Crippen LogP contribution < -0.4 is 5.73 Å². The molecule has 3 heteroatoms. The van der Waals surface area contributed by atoms with Gasteiger partial charge in [-0.2, -0.15) is 0 Å². The minimum Gasteiger partial charge on any atom is -0.319 e. The lowest BCUT2D eigenvalue weighted by Gasteiger charge is -2.16. The molecule has 0 heterocycles. The topological polar surface area (TPSA) is 43.1 Å². The largest absolute Gasteiger partial charge is 0.319 e. The molecular formula is C11H15NOS. The van der Waals surface area contributed by atoms with E-state index in [1.807, 2.05) is 30.5 Å². The summed E-state index contributed by atoms with van der Waals surface area (Å²) < 4.78 is 0. The van der Waals surface area contributed by atoms with E-state index in [1.165, 1.54) is 0 Å². The van der Waals surface area contributed by atoms with Crippen LogP contribution in [0.3, 0.4) is 0 Å². The van der Waals surface area contributed by atoms with Gasteiger partial charge in [0.2, 0.25) is 0 Å². The molecule has 0 aliphatic heterocycles. The highest BCUT2D eigenvalue weighted by Gasteiger charge is 2.22. The Morgan fingerprint density at radius 3 is 2.14 bits per heavy atom. The number of rotatable bonds is 3. The lowest BCUT2D eigenvalue weighted by Crippen LogP contribution is -2.41. The first-order valence-electron chi connectivity index (χ1n) is 4.43. The summed E-state index contributed by atoms with van der Waals surface area (Å²) in [5.74, 6) is -0.0230. The number of ketones is 1. The highest BCUT2D eigenvalue weighted by molar-refractivity contribution is 7.98. The van der Waals surface area contributed by atoms with Crippen LogP contribution in [0.2, 0.25) is 0 Å². The summed E-state index contributed by atoms with van der Waals surface area (Å²) in [6.45, 7) is 3.44. The molecule has 14 heavy (non-hydrogen) atoms. The highest BCUT2D eigenvalue weighted by Crippen LogP contribution is 2.17. The van der Waals surface area contributed by atoms with E-state index in [0.717, 1.165) is 4.90 Å². The molecule has 0 bridgehead atoms. The molecule has 2 N–H and O–H groups in total. The standard InChI is InChI=1S/C11H15NOS/c1-11(2,12)10(13)8-4-6-9(14-3)7-5-8/h4-7H,12H2,1-3H3. The Morgan fingerprint density at radius 2 is 1.79 bits per heavy atom. The maximum absolute atomic E-state index is 11.7. The monoisotopic (exact) mass is 209 g/mol. The van der Waals surface area contributed by atoms with E-state index in [2.05, 4.69) is 0 Å². The first-order chi connectivity index (χ1) is 6.45. The molecule has 0 aliphatic rings. The number of Topliss-reactive ketones (excluding diaryl/α,β-unsaturated/α-hetero) is 1. The third kappa shape index (κ3) is 2.59. The van der Waals surface area contributed by atoms with Gasteiger partial charge in [0, 0.05) is 10.5 Å². The molecule has 0 amide bonds. The lowest BCUT2D eigenvalue weighted by atomic mass is 9.95.